The fourth-order valence-corrected chi connectivity index (χ4v) is 6.98. The van der Waals surface area contributed by atoms with Gasteiger partial charge in [0.1, 0.15) is 0 Å². The van der Waals surface area contributed by atoms with Gasteiger partial charge in [-0.15, -0.1) is 11.8 Å². The van der Waals surface area contributed by atoms with Crippen LogP contribution in [0, 0.1) is 5.92 Å². The Morgan fingerprint density at radius 3 is 1.82 bits per heavy atom. The van der Waals surface area contributed by atoms with Crippen LogP contribution in [-0.2, 0) is 9.59 Å². The third kappa shape index (κ3) is 13.4. The highest BCUT2D eigenvalue weighted by Gasteiger charge is 2.37. The van der Waals surface area contributed by atoms with Gasteiger partial charge in [-0.05, 0) is 59.3 Å². The Morgan fingerprint density at radius 2 is 1.29 bits per heavy atom. The van der Waals surface area contributed by atoms with Gasteiger partial charge in [-0.1, -0.05) is 82.8 Å². The number of unbranched alkanes of at least 4 members (excludes halogenated alkanes) is 11. The number of hydrogen-bond acceptors (Lipinski definition) is 4. The Balaban J connectivity index is 2.61. The highest BCUT2D eigenvalue weighted by Crippen LogP contribution is 2.39. The van der Waals surface area contributed by atoms with Gasteiger partial charge in [-0.2, -0.15) is 0 Å². The smallest absolute Gasteiger partial charge is 0.232 e. The van der Waals surface area contributed by atoms with Crippen molar-refractivity contribution in [1.29, 1.82) is 0 Å². The summed E-state index contributed by atoms with van der Waals surface area (Å²) in [4.78, 5) is 29.2. The minimum atomic E-state index is -0.582. The maximum atomic E-state index is 12.8. The molecular weight excluding hydrogens is 492 g/mol. The van der Waals surface area contributed by atoms with Gasteiger partial charge in [0.15, 0.2) is 0 Å². The first-order chi connectivity index (χ1) is 18.4. The molecule has 0 spiro atoms. The molecule has 0 aromatic heterocycles. The van der Waals surface area contributed by atoms with Crippen LogP contribution in [0.5, 0.6) is 0 Å². The zero-order valence-corrected chi connectivity index (χ0v) is 26.3. The molecule has 1 aliphatic carbocycles. The van der Waals surface area contributed by atoms with Crippen molar-refractivity contribution in [2.45, 2.75) is 142 Å². The molecule has 0 aromatic rings. The highest BCUT2D eigenvalue weighted by atomic mass is 32.2. The lowest BCUT2D eigenvalue weighted by molar-refractivity contribution is -0.133. The minimum absolute atomic E-state index is 0.0386. The van der Waals surface area contributed by atoms with E-state index in [-0.39, 0.29) is 23.0 Å². The molecule has 5 nitrogen and oxygen atoms in total. The Kier molecular flexibility index (Phi) is 20.1. The van der Waals surface area contributed by atoms with E-state index in [0.717, 1.165) is 19.3 Å². The van der Waals surface area contributed by atoms with Crippen molar-refractivity contribution in [1.82, 2.24) is 9.80 Å². The fraction of sp³-hybridized carbons (Fsp3) is 0.875. The Morgan fingerprint density at radius 1 is 0.789 bits per heavy atom. The number of hydrogen-bond donors (Lipinski definition) is 1. The van der Waals surface area contributed by atoms with Gasteiger partial charge in [-0.25, -0.2) is 0 Å². The number of nitrogens with zero attached hydrogens (tertiary/aromatic N) is 2. The lowest BCUT2D eigenvalue weighted by Crippen LogP contribution is -2.42. The Hall–Kier alpha value is -1.01. The predicted molar refractivity (Wildman–Crippen MR) is 165 cm³/mol. The number of thioether (sulfide) groups is 1. The van der Waals surface area contributed by atoms with E-state index in [0.29, 0.717) is 38.4 Å². The van der Waals surface area contributed by atoms with Gasteiger partial charge in [0.25, 0.3) is 0 Å². The van der Waals surface area contributed by atoms with E-state index in [1.54, 1.807) is 11.8 Å². The van der Waals surface area contributed by atoms with Crippen molar-refractivity contribution < 1.29 is 14.7 Å². The molecule has 222 valence electrons. The third-order valence-electron chi connectivity index (χ3n) is 8.23. The SMILES string of the molecule is CCCCCCCCCCCCC/C=C1\CC[C@H](CC(=O)N(CC)CC)[C@@H](O)[C@@H]1SCC(=O)N(CC)CC. The largest absolute Gasteiger partial charge is 0.391 e. The molecule has 0 aromatic carbocycles. The number of aliphatic hydroxyl groups is 1. The summed E-state index contributed by atoms with van der Waals surface area (Å²) in [7, 11) is 0. The van der Waals surface area contributed by atoms with Gasteiger partial charge < -0.3 is 14.9 Å². The quantitative estimate of drug-likeness (QED) is 0.118. The van der Waals surface area contributed by atoms with Crippen molar-refractivity contribution in [3.63, 3.8) is 0 Å². The second kappa shape index (κ2) is 21.8. The number of carbonyl (C=O) groups excluding carboxylic acids is 2. The van der Waals surface area contributed by atoms with Crippen molar-refractivity contribution in [2.24, 2.45) is 5.92 Å². The van der Waals surface area contributed by atoms with E-state index in [1.165, 1.54) is 76.2 Å². The molecule has 1 fully saturated rings. The standard InChI is InChI=1S/C32H60N2O3S/c1-6-11-12-13-14-15-16-17-18-19-20-21-22-27-23-24-28(25-29(35)33(7-2)8-3)31(37)32(27)38-26-30(36)34(9-4)10-5/h22,28,31-32,37H,6-21,23-26H2,1-5H3/b27-22+/t28-,31-,32-/m1/s1. The van der Waals surface area contributed by atoms with E-state index in [9.17, 15) is 14.7 Å². The summed E-state index contributed by atoms with van der Waals surface area (Å²) in [6, 6.07) is 0. The van der Waals surface area contributed by atoms with Crippen LogP contribution in [0.15, 0.2) is 11.6 Å². The van der Waals surface area contributed by atoms with Gasteiger partial charge in [0.2, 0.25) is 11.8 Å². The predicted octanol–water partition coefficient (Wildman–Crippen LogP) is 7.61. The first-order valence-corrected chi connectivity index (χ1v) is 17.0. The van der Waals surface area contributed by atoms with Crippen LogP contribution in [0.3, 0.4) is 0 Å². The van der Waals surface area contributed by atoms with Crippen molar-refractivity contribution >= 4 is 23.6 Å². The minimum Gasteiger partial charge on any atom is -0.391 e. The van der Waals surface area contributed by atoms with Crippen LogP contribution >= 0.6 is 11.8 Å². The maximum Gasteiger partial charge on any atom is 0.232 e. The molecule has 6 heteroatoms. The molecule has 3 atom stereocenters. The summed E-state index contributed by atoms with van der Waals surface area (Å²) >= 11 is 1.58. The molecule has 38 heavy (non-hydrogen) atoms. The molecule has 0 saturated heterocycles. The lowest BCUT2D eigenvalue weighted by Gasteiger charge is -2.37. The normalized spacial score (nSPS) is 20.6. The first-order valence-electron chi connectivity index (χ1n) is 16.0. The van der Waals surface area contributed by atoms with Crippen molar-refractivity contribution in [3.8, 4) is 0 Å². The van der Waals surface area contributed by atoms with Crippen LogP contribution in [0.2, 0.25) is 0 Å². The van der Waals surface area contributed by atoms with Gasteiger partial charge in [0, 0.05) is 32.6 Å². The number of rotatable bonds is 21. The average molecular weight is 553 g/mol. The highest BCUT2D eigenvalue weighted by molar-refractivity contribution is 8.00. The number of carbonyl (C=O) groups is 2. The zero-order valence-electron chi connectivity index (χ0n) is 25.5. The van der Waals surface area contributed by atoms with Crippen LogP contribution in [0.4, 0.5) is 0 Å². The van der Waals surface area contributed by atoms with E-state index in [2.05, 4.69) is 13.0 Å². The second-order valence-electron chi connectivity index (χ2n) is 11.0. The summed E-state index contributed by atoms with van der Waals surface area (Å²) < 4.78 is 0. The summed E-state index contributed by atoms with van der Waals surface area (Å²) in [5.41, 5.74) is 1.29. The van der Waals surface area contributed by atoms with E-state index in [4.69, 9.17) is 0 Å². The van der Waals surface area contributed by atoms with Crippen LogP contribution in [-0.4, -0.2) is 70.0 Å². The summed E-state index contributed by atoms with van der Waals surface area (Å²) in [5, 5.41) is 11.3. The Bertz CT molecular complexity index is 661. The fourth-order valence-electron chi connectivity index (χ4n) is 5.63. The molecule has 1 N–H and O–H groups in total. The van der Waals surface area contributed by atoms with Crippen molar-refractivity contribution in [2.75, 3.05) is 31.9 Å². The van der Waals surface area contributed by atoms with Gasteiger partial charge in [-0.3, -0.25) is 9.59 Å². The molecule has 2 amide bonds. The number of aliphatic hydroxyl groups excluding tert-OH is 1. The summed E-state index contributed by atoms with van der Waals surface area (Å²) in [6.45, 7) is 13.1. The molecule has 0 unspecified atom stereocenters. The first kappa shape index (κ1) is 35.0. The third-order valence-corrected chi connectivity index (χ3v) is 9.59. The maximum absolute atomic E-state index is 12.8. The van der Waals surface area contributed by atoms with Crippen LogP contribution in [0.1, 0.15) is 131 Å². The molecule has 1 rings (SSSR count). The molecule has 1 saturated carbocycles. The molecule has 0 radical (unpaired) electrons. The van der Waals surface area contributed by atoms with E-state index in [1.807, 2.05) is 37.5 Å². The van der Waals surface area contributed by atoms with Crippen molar-refractivity contribution in [3.05, 3.63) is 11.6 Å². The molecule has 0 aliphatic heterocycles. The second-order valence-corrected chi connectivity index (χ2v) is 12.1. The molecular formula is C32H60N2O3S. The zero-order chi connectivity index (χ0) is 28.2. The molecule has 0 bridgehead atoms. The van der Waals surface area contributed by atoms with Crippen LogP contribution in [0.25, 0.3) is 0 Å². The number of amides is 2. The molecule has 0 heterocycles. The Labute approximate surface area is 239 Å². The lowest BCUT2D eigenvalue weighted by atomic mass is 9.80. The van der Waals surface area contributed by atoms with Gasteiger partial charge >= 0.3 is 0 Å². The summed E-state index contributed by atoms with van der Waals surface area (Å²) in [6.07, 6.45) is 19.7. The molecule has 1 aliphatic rings. The van der Waals surface area contributed by atoms with Gasteiger partial charge in [0.05, 0.1) is 17.1 Å². The van der Waals surface area contributed by atoms with Crippen LogP contribution < -0.4 is 0 Å². The number of allylic oxidation sites excluding steroid dienone is 1. The van der Waals surface area contributed by atoms with E-state index < -0.39 is 6.10 Å². The average Bonchev–Trinajstić information content (AvgIpc) is 2.91. The van der Waals surface area contributed by atoms with E-state index >= 15 is 0 Å². The summed E-state index contributed by atoms with van der Waals surface area (Å²) in [5.74, 6) is 0.618. The monoisotopic (exact) mass is 552 g/mol. The topological polar surface area (TPSA) is 60.9 Å².